The lowest BCUT2D eigenvalue weighted by Crippen LogP contribution is -2.56. The van der Waals surface area contributed by atoms with Gasteiger partial charge >= 0.3 is 12.2 Å². The van der Waals surface area contributed by atoms with Gasteiger partial charge in [0.15, 0.2) is 0 Å². The van der Waals surface area contributed by atoms with Crippen molar-refractivity contribution >= 4 is 12.2 Å². The molecule has 2 amide bonds. The van der Waals surface area contributed by atoms with Crippen LogP contribution in [0.25, 0.3) is 11.1 Å². The van der Waals surface area contributed by atoms with Crippen LogP contribution in [-0.4, -0.2) is 71.6 Å². The lowest BCUT2D eigenvalue weighted by molar-refractivity contribution is -0.0514. The fraction of sp³-hybridized carbons (Fsp3) is 0.481. The molecular weight excluding hydrogens is 432 g/mol. The summed E-state index contributed by atoms with van der Waals surface area (Å²) in [6.45, 7) is 6.33. The Kier molecular flexibility index (Phi) is 6.58. The lowest BCUT2D eigenvalue weighted by atomic mass is 9.92. The molecule has 0 radical (unpaired) electrons. The third-order valence-electron chi connectivity index (χ3n) is 6.39. The normalized spacial score (nSPS) is 19.9. The maximum Gasteiger partial charge on any atom is 0.410 e. The van der Waals surface area contributed by atoms with E-state index in [0.717, 1.165) is 11.1 Å². The van der Waals surface area contributed by atoms with E-state index < -0.39 is 23.4 Å². The fourth-order valence-corrected chi connectivity index (χ4v) is 4.93. The predicted molar refractivity (Wildman–Crippen MR) is 130 cm³/mol. The number of fused-ring (bicyclic) bond motifs is 3. The molecule has 0 saturated carbocycles. The molecule has 0 bridgehead atoms. The van der Waals surface area contributed by atoms with Crippen LogP contribution in [0.3, 0.4) is 0 Å². The van der Waals surface area contributed by atoms with Crippen molar-refractivity contribution in [3.05, 3.63) is 59.7 Å². The van der Waals surface area contributed by atoms with E-state index in [0.29, 0.717) is 19.4 Å². The molecule has 7 nitrogen and oxygen atoms in total. The SMILES string of the molecule is CN(CC1(O)CCCN(C(=O)OCC2c3ccccc3-c3ccccc32)C1)C(=O)OC(C)(C)C. The second-order valence-corrected chi connectivity index (χ2v) is 10.4. The molecule has 34 heavy (non-hydrogen) atoms. The monoisotopic (exact) mass is 466 g/mol. The molecule has 1 unspecified atom stereocenters. The first-order valence-electron chi connectivity index (χ1n) is 11.8. The summed E-state index contributed by atoms with van der Waals surface area (Å²) in [6.07, 6.45) is 0.176. The lowest BCUT2D eigenvalue weighted by Gasteiger charge is -2.40. The average molecular weight is 467 g/mol. The van der Waals surface area contributed by atoms with Crippen molar-refractivity contribution < 1.29 is 24.2 Å². The standard InChI is InChI=1S/C27H34N2O5/c1-26(2,3)34-24(30)28(4)17-27(32)14-9-15-29(18-27)25(31)33-16-23-21-12-7-5-10-19(21)20-11-6-8-13-22(20)23/h5-8,10-13,23,32H,9,14-18H2,1-4H3. The van der Waals surface area contributed by atoms with Gasteiger partial charge in [-0.2, -0.15) is 0 Å². The average Bonchev–Trinajstić information content (AvgIpc) is 3.10. The Morgan fingerprint density at radius 3 is 2.26 bits per heavy atom. The van der Waals surface area contributed by atoms with Crippen LogP contribution in [0.15, 0.2) is 48.5 Å². The van der Waals surface area contributed by atoms with E-state index >= 15 is 0 Å². The van der Waals surface area contributed by atoms with Crippen LogP contribution in [0.5, 0.6) is 0 Å². The number of carbonyl (C=O) groups is 2. The molecule has 1 N–H and O–H groups in total. The summed E-state index contributed by atoms with van der Waals surface area (Å²) >= 11 is 0. The van der Waals surface area contributed by atoms with Gasteiger partial charge < -0.3 is 24.4 Å². The first kappa shape index (κ1) is 24.1. The highest BCUT2D eigenvalue weighted by Gasteiger charge is 2.39. The van der Waals surface area contributed by atoms with Crippen molar-refractivity contribution in [2.75, 3.05) is 33.3 Å². The number of nitrogens with zero attached hydrogens (tertiary/aromatic N) is 2. The third-order valence-corrected chi connectivity index (χ3v) is 6.39. The van der Waals surface area contributed by atoms with Crippen molar-refractivity contribution in [1.82, 2.24) is 9.80 Å². The van der Waals surface area contributed by atoms with E-state index in [1.54, 1.807) is 32.7 Å². The van der Waals surface area contributed by atoms with Crippen molar-refractivity contribution in [3.63, 3.8) is 0 Å². The van der Waals surface area contributed by atoms with Gasteiger partial charge in [0, 0.05) is 19.5 Å². The molecule has 1 heterocycles. The highest BCUT2D eigenvalue weighted by atomic mass is 16.6. The molecular formula is C27H34N2O5. The molecule has 7 heteroatoms. The zero-order valence-corrected chi connectivity index (χ0v) is 20.4. The van der Waals surface area contributed by atoms with Crippen molar-refractivity contribution in [3.8, 4) is 11.1 Å². The van der Waals surface area contributed by atoms with E-state index in [1.165, 1.54) is 16.0 Å². The van der Waals surface area contributed by atoms with Crippen LogP contribution >= 0.6 is 0 Å². The van der Waals surface area contributed by atoms with Crippen LogP contribution < -0.4 is 0 Å². The Bertz CT molecular complexity index is 1020. The minimum Gasteiger partial charge on any atom is -0.448 e. The van der Waals surface area contributed by atoms with Gasteiger partial charge in [0.05, 0.1) is 13.1 Å². The van der Waals surface area contributed by atoms with Crippen LogP contribution in [0.2, 0.25) is 0 Å². The van der Waals surface area contributed by atoms with Crippen molar-refractivity contribution in [1.29, 1.82) is 0 Å². The molecule has 2 aromatic rings. The molecule has 1 aliphatic carbocycles. The number of likely N-dealkylation sites (N-methyl/N-ethyl adjacent to an activating group) is 1. The summed E-state index contributed by atoms with van der Waals surface area (Å²) in [5.41, 5.74) is 2.84. The molecule has 0 aromatic heterocycles. The molecule has 0 spiro atoms. The molecule has 1 aliphatic heterocycles. The van der Waals surface area contributed by atoms with Crippen LogP contribution in [0.1, 0.15) is 50.7 Å². The second-order valence-electron chi connectivity index (χ2n) is 10.4. The zero-order valence-electron chi connectivity index (χ0n) is 20.4. The second kappa shape index (κ2) is 9.29. The number of piperidine rings is 1. The zero-order chi connectivity index (χ0) is 24.5. The Hall–Kier alpha value is -3.06. The smallest absolute Gasteiger partial charge is 0.410 e. The largest absolute Gasteiger partial charge is 0.448 e. The Balaban J connectivity index is 1.38. The maximum atomic E-state index is 13.0. The summed E-state index contributed by atoms with van der Waals surface area (Å²) in [6, 6.07) is 16.4. The first-order chi connectivity index (χ1) is 16.1. The number of carbonyl (C=O) groups excluding carboxylic acids is 2. The summed E-state index contributed by atoms with van der Waals surface area (Å²) in [7, 11) is 1.60. The highest BCUT2D eigenvalue weighted by molar-refractivity contribution is 5.79. The van der Waals surface area contributed by atoms with Crippen LogP contribution in [0.4, 0.5) is 9.59 Å². The van der Waals surface area contributed by atoms with Gasteiger partial charge in [-0.25, -0.2) is 9.59 Å². The molecule has 1 fully saturated rings. The molecule has 2 aliphatic rings. The number of hydrogen-bond acceptors (Lipinski definition) is 5. The molecule has 182 valence electrons. The van der Waals surface area contributed by atoms with Gasteiger partial charge in [0.25, 0.3) is 0 Å². The third kappa shape index (κ3) is 5.20. The van der Waals surface area contributed by atoms with Gasteiger partial charge in [0.1, 0.15) is 17.8 Å². The minimum atomic E-state index is -1.21. The Morgan fingerprint density at radius 1 is 1.09 bits per heavy atom. The Morgan fingerprint density at radius 2 is 1.68 bits per heavy atom. The topological polar surface area (TPSA) is 79.3 Å². The predicted octanol–water partition coefficient (Wildman–Crippen LogP) is 4.63. The van der Waals surface area contributed by atoms with Gasteiger partial charge in [-0.1, -0.05) is 48.5 Å². The van der Waals surface area contributed by atoms with Crippen LogP contribution in [-0.2, 0) is 9.47 Å². The van der Waals surface area contributed by atoms with Crippen LogP contribution in [0, 0.1) is 0 Å². The van der Waals surface area contributed by atoms with Crippen molar-refractivity contribution in [2.45, 2.75) is 50.7 Å². The summed E-state index contributed by atoms with van der Waals surface area (Å²) in [5, 5.41) is 11.1. The van der Waals surface area contributed by atoms with Gasteiger partial charge in [0.2, 0.25) is 0 Å². The number of amides is 2. The summed E-state index contributed by atoms with van der Waals surface area (Å²) in [5.74, 6) is -0.0154. The van der Waals surface area contributed by atoms with Gasteiger partial charge in [-0.3, -0.25) is 0 Å². The van der Waals surface area contributed by atoms with E-state index in [2.05, 4.69) is 24.3 Å². The number of benzene rings is 2. The first-order valence-corrected chi connectivity index (χ1v) is 11.8. The summed E-state index contributed by atoms with van der Waals surface area (Å²) < 4.78 is 11.1. The van der Waals surface area contributed by atoms with Gasteiger partial charge in [-0.15, -0.1) is 0 Å². The molecule has 1 atom stereocenters. The summed E-state index contributed by atoms with van der Waals surface area (Å²) in [4.78, 5) is 28.2. The van der Waals surface area contributed by atoms with E-state index in [-0.39, 0.29) is 25.6 Å². The number of ether oxygens (including phenoxy) is 2. The molecule has 4 rings (SSSR count). The maximum absolute atomic E-state index is 13.0. The molecule has 2 aromatic carbocycles. The highest BCUT2D eigenvalue weighted by Crippen LogP contribution is 2.44. The minimum absolute atomic E-state index is 0.0154. The molecule has 1 saturated heterocycles. The quantitative estimate of drug-likeness (QED) is 0.711. The number of β-amino-alcohol motifs (C(OH)–C–C–N with tert-alkyl or cyclic N) is 1. The van der Waals surface area contributed by atoms with E-state index in [1.807, 2.05) is 24.3 Å². The van der Waals surface area contributed by atoms with E-state index in [4.69, 9.17) is 9.47 Å². The fourth-order valence-electron chi connectivity index (χ4n) is 4.93. The van der Waals surface area contributed by atoms with Crippen molar-refractivity contribution in [2.24, 2.45) is 0 Å². The van der Waals surface area contributed by atoms with Gasteiger partial charge in [-0.05, 0) is 55.9 Å². The number of rotatable bonds is 4. The number of aliphatic hydroxyl groups is 1. The Labute approximate surface area is 201 Å². The number of likely N-dealkylation sites (tertiary alicyclic amines) is 1. The number of hydrogen-bond donors (Lipinski definition) is 1. The van der Waals surface area contributed by atoms with E-state index in [9.17, 15) is 14.7 Å².